The van der Waals surface area contributed by atoms with E-state index >= 15 is 0 Å². The van der Waals surface area contributed by atoms with Gasteiger partial charge in [0.25, 0.3) is 0 Å². The summed E-state index contributed by atoms with van der Waals surface area (Å²) in [6.07, 6.45) is 0. The largest absolute Gasteiger partial charge is 0.399 e. The van der Waals surface area contributed by atoms with Gasteiger partial charge in [-0.05, 0) is 24.3 Å². The fourth-order valence-corrected chi connectivity index (χ4v) is 1.54. The Morgan fingerprint density at radius 2 is 1.93 bits per heavy atom. The van der Waals surface area contributed by atoms with Gasteiger partial charge in [-0.1, -0.05) is 23.7 Å². The molecule has 15 heavy (non-hydrogen) atoms. The Hall–Kier alpha value is -1.61. The number of halogens is 2. The van der Waals surface area contributed by atoms with Crippen molar-refractivity contribution in [2.24, 2.45) is 0 Å². The second-order valence-corrected chi connectivity index (χ2v) is 3.48. The molecule has 0 spiro atoms. The molecule has 0 atom stereocenters. The third-order valence-corrected chi connectivity index (χ3v) is 2.16. The van der Waals surface area contributed by atoms with Crippen molar-refractivity contribution in [3.05, 3.63) is 47.4 Å². The zero-order valence-corrected chi connectivity index (χ0v) is 8.50. The summed E-state index contributed by atoms with van der Waals surface area (Å²) in [6.45, 7) is 0. The third-order valence-electron chi connectivity index (χ3n) is 1.97. The first-order valence-corrected chi connectivity index (χ1v) is 4.72. The molecule has 0 unspecified atom stereocenters. The molecule has 0 radical (unpaired) electrons. The first-order valence-electron chi connectivity index (χ1n) is 4.35. The number of hydrogen-bond acceptors (Lipinski definition) is 2. The Bertz CT molecular complexity index is 479. The molecule has 1 aromatic carbocycles. The highest BCUT2D eigenvalue weighted by Crippen LogP contribution is 2.24. The van der Waals surface area contributed by atoms with Gasteiger partial charge in [0.2, 0.25) is 0 Å². The van der Waals surface area contributed by atoms with Gasteiger partial charge in [0.05, 0.1) is 5.69 Å². The SMILES string of the molecule is Nc1cc(Cl)nc(-c2ccccc2F)c1. The monoisotopic (exact) mass is 222 g/mol. The van der Waals surface area contributed by atoms with Gasteiger partial charge >= 0.3 is 0 Å². The number of pyridine rings is 1. The standard InChI is InChI=1S/C11H8ClFN2/c12-11-6-7(14)5-10(15-11)8-3-1-2-4-9(8)13/h1-6H,(H2,14,15). The Balaban J connectivity index is 2.59. The van der Waals surface area contributed by atoms with Crippen LogP contribution in [0.3, 0.4) is 0 Å². The van der Waals surface area contributed by atoms with Crippen LogP contribution in [-0.4, -0.2) is 4.98 Å². The number of nitrogens with two attached hydrogens (primary N) is 1. The molecule has 2 nitrogen and oxygen atoms in total. The molecule has 0 fully saturated rings. The lowest BCUT2D eigenvalue weighted by molar-refractivity contribution is 0.631. The predicted octanol–water partition coefficient (Wildman–Crippen LogP) is 3.12. The van der Waals surface area contributed by atoms with Crippen LogP contribution in [-0.2, 0) is 0 Å². The Labute approximate surface area is 91.5 Å². The van der Waals surface area contributed by atoms with Crippen LogP contribution in [0.25, 0.3) is 11.3 Å². The van der Waals surface area contributed by atoms with Crippen molar-refractivity contribution in [3.8, 4) is 11.3 Å². The van der Waals surface area contributed by atoms with E-state index in [0.29, 0.717) is 16.9 Å². The summed E-state index contributed by atoms with van der Waals surface area (Å²) >= 11 is 5.74. The van der Waals surface area contributed by atoms with Gasteiger partial charge in [-0.15, -0.1) is 0 Å². The van der Waals surface area contributed by atoms with Crippen molar-refractivity contribution in [3.63, 3.8) is 0 Å². The average molecular weight is 223 g/mol. The molecule has 0 aliphatic rings. The highest BCUT2D eigenvalue weighted by atomic mass is 35.5. The average Bonchev–Trinajstić information content (AvgIpc) is 2.16. The number of rotatable bonds is 1. The molecule has 0 saturated carbocycles. The van der Waals surface area contributed by atoms with E-state index in [1.807, 2.05) is 0 Å². The van der Waals surface area contributed by atoms with E-state index in [2.05, 4.69) is 4.98 Å². The van der Waals surface area contributed by atoms with Crippen LogP contribution in [0.1, 0.15) is 0 Å². The van der Waals surface area contributed by atoms with Crippen molar-refractivity contribution >= 4 is 17.3 Å². The Morgan fingerprint density at radius 3 is 2.60 bits per heavy atom. The van der Waals surface area contributed by atoms with Gasteiger partial charge in [-0.2, -0.15) is 0 Å². The highest BCUT2D eigenvalue weighted by molar-refractivity contribution is 6.29. The minimum absolute atomic E-state index is 0.258. The lowest BCUT2D eigenvalue weighted by Crippen LogP contribution is -1.92. The molecule has 2 N–H and O–H groups in total. The van der Waals surface area contributed by atoms with E-state index in [1.54, 1.807) is 24.3 Å². The second kappa shape index (κ2) is 3.87. The predicted molar refractivity (Wildman–Crippen MR) is 59.1 cm³/mol. The van der Waals surface area contributed by atoms with E-state index in [0.717, 1.165) is 0 Å². The maximum Gasteiger partial charge on any atom is 0.132 e. The van der Waals surface area contributed by atoms with Gasteiger partial charge in [-0.25, -0.2) is 9.37 Å². The quantitative estimate of drug-likeness (QED) is 0.753. The van der Waals surface area contributed by atoms with E-state index in [-0.39, 0.29) is 11.0 Å². The molecule has 0 aliphatic carbocycles. The molecule has 0 aliphatic heterocycles. The fraction of sp³-hybridized carbons (Fsp3) is 0. The van der Waals surface area contributed by atoms with Gasteiger partial charge < -0.3 is 5.73 Å². The summed E-state index contributed by atoms with van der Waals surface area (Å²) in [5.74, 6) is -0.341. The summed E-state index contributed by atoms with van der Waals surface area (Å²) in [5, 5.41) is 0.258. The molecular weight excluding hydrogens is 215 g/mol. The molecule has 1 aromatic heterocycles. The molecule has 0 bridgehead atoms. The van der Waals surface area contributed by atoms with Crippen molar-refractivity contribution in [1.29, 1.82) is 0 Å². The van der Waals surface area contributed by atoms with Crippen LogP contribution in [0.2, 0.25) is 5.15 Å². The second-order valence-electron chi connectivity index (χ2n) is 3.09. The maximum atomic E-state index is 13.4. The van der Waals surface area contributed by atoms with Crippen LogP contribution < -0.4 is 5.73 Å². The highest BCUT2D eigenvalue weighted by Gasteiger charge is 2.06. The first kappa shape index (κ1) is 9.93. The van der Waals surface area contributed by atoms with E-state index in [1.165, 1.54) is 12.1 Å². The minimum Gasteiger partial charge on any atom is -0.399 e. The lowest BCUT2D eigenvalue weighted by atomic mass is 10.1. The molecule has 2 aromatic rings. The molecule has 1 heterocycles. The van der Waals surface area contributed by atoms with Crippen LogP contribution in [0.4, 0.5) is 10.1 Å². The first-order chi connectivity index (χ1) is 7.16. The summed E-state index contributed by atoms with van der Waals surface area (Å²) in [4.78, 5) is 4.01. The normalized spacial score (nSPS) is 10.3. The number of nitrogen functional groups attached to an aromatic ring is 1. The van der Waals surface area contributed by atoms with Crippen molar-refractivity contribution in [1.82, 2.24) is 4.98 Å². The van der Waals surface area contributed by atoms with Crippen molar-refractivity contribution in [2.45, 2.75) is 0 Å². The maximum absolute atomic E-state index is 13.4. The molecule has 0 amide bonds. The van der Waals surface area contributed by atoms with E-state index in [9.17, 15) is 4.39 Å². The Kier molecular flexibility index (Phi) is 2.56. The molecule has 76 valence electrons. The number of aromatic nitrogens is 1. The fourth-order valence-electron chi connectivity index (χ4n) is 1.32. The van der Waals surface area contributed by atoms with Gasteiger partial charge in [0, 0.05) is 11.3 Å². The van der Waals surface area contributed by atoms with Crippen LogP contribution in [0, 0.1) is 5.82 Å². The van der Waals surface area contributed by atoms with Gasteiger partial charge in [0.1, 0.15) is 11.0 Å². The number of benzene rings is 1. The van der Waals surface area contributed by atoms with Crippen molar-refractivity contribution in [2.75, 3.05) is 5.73 Å². The van der Waals surface area contributed by atoms with E-state index in [4.69, 9.17) is 17.3 Å². The number of nitrogens with zero attached hydrogens (tertiary/aromatic N) is 1. The summed E-state index contributed by atoms with van der Waals surface area (Å²) in [5.41, 5.74) is 6.90. The van der Waals surface area contributed by atoms with Crippen LogP contribution in [0.15, 0.2) is 36.4 Å². The summed E-state index contributed by atoms with van der Waals surface area (Å²) in [7, 11) is 0. The zero-order chi connectivity index (χ0) is 10.8. The van der Waals surface area contributed by atoms with Crippen molar-refractivity contribution < 1.29 is 4.39 Å². The minimum atomic E-state index is -0.341. The molecule has 2 rings (SSSR count). The zero-order valence-electron chi connectivity index (χ0n) is 7.74. The van der Waals surface area contributed by atoms with E-state index < -0.39 is 0 Å². The Morgan fingerprint density at radius 1 is 1.20 bits per heavy atom. The summed E-state index contributed by atoms with van der Waals surface area (Å²) < 4.78 is 13.4. The van der Waals surface area contributed by atoms with Gasteiger partial charge in [-0.3, -0.25) is 0 Å². The van der Waals surface area contributed by atoms with Gasteiger partial charge in [0.15, 0.2) is 0 Å². The molecule has 4 heteroatoms. The topological polar surface area (TPSA) is 38.9 Å². The lowest BCUT2D eigenvalue weighted by Gasteiger charge is -2.03. The van der Waals surface area contributed by atoms with Crippen LogP contribution in [0.5, 0.6) is 0 Å². The van der Waals surface area contributed by atoms with Crippen LogP contribution >= 0.6 is 11.6 Å². The summed E-state index contributed by atoms with van der Waals surface area (Å²) in [6, 6.07) is 9.46. The molecular formula is C11H8ClFN2. The third kappa shape index (κ3) is 2.07. The molecule has 0 saturated heterocycles. The number of hydrogen-bond donors (Lipinski definition) is 1. The number of anilines is 1. The smallest absolute Gasteiger partial charge is 0.132 e.